The normalized spacial score (nSPS) is 12.2. The van der Waals surface area contributed by atoms with E-state index in [-0.39, 0.29) is 18.6 Å². The molecule has 0 bridgehead atoms. The Kier molecular flexibility index (Phi) is 6.55. The molecule has 0 fully saturated rings. The predicted octanol–water partition coefficient (Wildman–Crippen LogP) is 3.78. The molecule has 0 aliphatic rings. The summed E-state index contributed by atoms with van der Waals surface area (Å²) in [4.78, 5) is 31.7. The lowest BCUT2D eigenvalue weighted by atomic mass is 10.0. The van der Waals surface area contributed by atoms with Gasteiger partial charge in [0.2, 0.25) is 5.95 Å². The number of amides is 1. The van der Waals surface area contributed by atoms with Crippen molar-refractivity contribution in [3.63, 3.8) is 0 Å². The number of benzene rings is 1. The van der Waals surface area contributed by atoms with Crippen LogP contribution in [0.25, 0.3) is 34.1 Å². The van der Waals surface area contributed by atoms with Gasteiger partial charge in [0.25, 0.3) is 5.91 Å². The van der Waals surface area contributed by atoms with E-state index in [4.69, 9.17) is 9.97 Å². The molecule has 0 unspecified atom stereocenters. The van der Waals surface area contributed by atoms with Gasteiger partial charge in [-0.25, -0.2) is 19.9 Å². The molecule has 1 amide bonds. The molecule has 9 nitrogen and oxygen atoms in total. The van der Waals surface area contributed by atoms with Gasteiger partial charge in [0, 0.05) is 35.9 Å². The predicted molar refractivity (Wildman–Crippen MR) is 137 cm³/mol. The number of imidazole rings is 2. The Labute approximate surface area is 208 Å². The van der Waals surface area contributed by atoms with Crippen molar-refractivity contribution in [3.8, 4) is 28.5 Å². The largest absolute Gasteiger partial charge is 0.394 e. The fraction of sp³-hybridized carbons (Fsp3) is 0.222. The monoisotopic (exact) mass is 481 g/mol. The summed E-state index contributed by atoms with van der Waals surface area (Å²) in [6.07, 6.45) is 9.26. The molecule has 0 aliphatic heterocycles. The molecule has 4 aromatic heterocycles. The SMILES string of the molecule is CC(C)C[C@H](CO)NC(=O)c1c(-c2ccccc2)nc2c(-c3ccnc(-n4ccnc4)n3)cccn12. The van der Waals surface area contributed by atoms with Gasteiger partial charge in [-0.1, -0.05) is 44.2 Å². The van der Waals surface area contributed by atoms with E-state index in [2.05, 4.69) is 29.1 Å². The molecule has 9 heteroatoms. The first-order valence-corrected chi connectivity index (χ1v) is 11.8. The molecular weight excluding hydrogens is 454 g/mol. The fourth-order valence-electron chi connectivity index (χ4n) is 4.28. The lowest BCUT2D eigenvalue weighted by molar-refractivity contribution is 0.0903. The number of carbonyl (C=O) groups is 1. The molecule has 5 aromatic rings. The van der Waals surface area contributed by atoms with Gasteiger partial charge >= 0.3 is 0 Å². The standard InChI is InChI=1S/C27H27N7O2/c1-18(2)15-20(16-35)30-26(36)24-23(19-7-4-3-5-8-19)32-25-21(9-6-13-34(24)25)22-10-11-29-27(31-22)33-14-12-28-17-33/h3-14,17-18,20,35H,15-16H2,1-2H3,(H,30,36)/t20-/m1/s1. The molecule has 0 spiro atoms. The number of pyridine rings is 1. The van der Waals surface area contributed by atoms with Crippen molar-refractivity contribution in [1.82, 2.24) is 34.2 Å². The minimum absolute atomic E-state index is 0.134. The van der Waals surface area contributed by atoms with Crippen LogP contribution in [0.5, 0.6) is 0 Å². The zero-order valence-electron chi connectivity index (χ0n) is 20.1. The van der Waals surface area contributed by atoms with E-state index in [1.807, 2.05) is 54.7 Å². The minimum Gasteiger partial charge on any atom is -0.394 e. The topological polar surface area (TPSA) is 110 Å². The molecule has 4 heterocycles. The molecule has 0 saturated heterocycles. The van der Waals surface area contributed by atoms with Crippen molar-refractivity contribution in [2.45, 2.75) is 26.3 Å². The second-order valence-corrected chi connectivity index (χ2v) is 8.98. The number of aliphatic hydroxyl groups is 1. The van der Waals surface area contributed by atoms with E-state index in [1.165, 1.54) is 0 Å². The number of rotatable bonds is 8. The fourth-order valence-corrected chi connectivity index (χ4v) is 4.28. The highest BCUT2D eigenvalue weighted by Gasteiger charge is 2.25. The first kappa shape index (κ1) is 23.4. The van der Waals surface area contributed by atoms with Gasteiger partial charge in [0.05, 0.1) is 18.3 Å². The third-order valence-electron chi connectivity index (χ3n) is 5.88. The molecule has 182 valence electrons. The van der Waals surface area contributed by atoms with Crippen molar-refractivity contribution in [2.24, 2.45) is 5.92 Å². The third kappa shape index (κ3) is 4.60. The maximum atomic E-state index is 13.6. The van der Waals surface area contributed by atoms with Gasteiger partial charge in [0.15, 0.2) is 0 Å². The molecule has 0 saturated carbocycles. The molecule has 1 atom stereocenters. The Morgan fingerprint density at radius 1 is 1.03 bits per heavy atom. The van der Waals surface area contributed by atoms with Crippen LogP contribution in [0.2, 0.25) is 0 Å². The maximum absolute atomic E-state index is 13.6. The number of aromatic nitrogens is 6. The maximum Gasteiger partial charge on any atom is 0.270 e. The molecule has 2 N–H and O–H groups in total. The Morgan fingerprint density at radius 3 is 2.58 bits per heavy atom. The summed E-state index contributed by atoms with van der Waals surface area (Å²) in [5.74, 6) is 0.520. The summed E-state index contributed by atoms with van der Waals surface area (Å²) >= 11 is 0. The number of hydrogen-bond acceptors (Lipinski definition) is 6. The zero-order chi connectivity index (χ0) is 25.1. The van der Waals surface area contributed by atoms with Crippen LogP contribution in [0.3, 0.4) is 0 Å². The Hall–Kier alpha value is -4.37. The smallest absolute Gasteiger partial charge is 0.270 e. The van der Waals surface area contributed by atoms with Gasteiger partial charge < -0.3 is 10.4 Å². The second kappa shape index (κ2) is 10.1. The number of nitrogens with one attached hydrogen (secondary N) is 1. The van der Waals surface area contributed by atoms with Crippen molar-refractivity contribution in [2.75, 3.05) is 6.61 Å². The van der Waals surface area contributed by atoms with Crippen LogP contribution in [0, 0.1) is 5.92 Å². The second-order valence-electron chi connectivity index (χ2n) is 8.98. The number of aliphatic hydroxyl groups excluding tert-OH is 1. The number of carbonyl (C=O) groups excluding carboxylic acids is 1. The zero-order valence-corrected chi connectivity index (χ0v) is 20.1. The summed E-state index contributed by atoms with van der Waals surface area (Å²) < 4.78 is 3.52. The minimum atomic E-state index is -0.352. The van der Waals surface area contributed by atoms with Crippen LogP contribution >= 0.6 is 0 Å². The van der Waals surface area contributed by atoms with Crippen molar-refractivity contribution >= 4 is 11.6 Å². The highest BCUT2D eigenvalue weighted by molar-refractivity contribution is 6.00. The Balaban J connectivity index is 1.65. The number of nitrogens with zero attached hydrogens (tertiary/aromatic N) is 6. The molecular formula is C27H27N7O2. The Morgan fingerprint density at radius 2 is 1.86 bits per heavy atom. The van der Waals surface area contributed by atoms with Gasteiger partial charge in [-0.3, -0.25) is 13.8 Å². The summed E-state index contributed by atoms with van der Waals surface area (Å²) in [5, 5.41) is 12.9. The third-order valence-corrected chi connectivity index (χ3v) is 5.88. The molecule has 5 rings (SSSR count). The first-order chi connectivity index (χ1) is 17.5. The lowest BCUT2D eigenvalue weighted by Gasteiger charge is -2.18. The van der Waals surface area contributed by atoms with Gasteiger partial charge in [-0.2, -0.15) is 0 Å². The van der Waals surface area contributed by atoms with Gasteiger partial charge in [0.1, 0.15) is 23.4 Å². The van der Waals surface area contributed by atoms with Crippen molar-refractivity contribution in [3.05, 3.63) is 85.3 Å². The van der Waals surface area contributed by atoms with Crippen molar-refractivity contribution < 1.29 is 9.90 Å². The van der Waals surface area contributed by atoms with E-state index in [0.717, 1.165) is 11.1 Å². The van der Waals surface area contributed by atoms with Crippen LogP contribution < -0.4 is 5.32 Å². The van der Waals surface area contributed by atoms with Crippen LogP contribution in [0.15, 0.2) is 79.6 Å². The molecule has 0 radical (unpaired) electrons. The van der Waals surface area contributed by atoms with E-state index in [0.29, 0.717) is 41.0 Å². The van der Waals surface area contributed by atoms with E-state index >= 15 is 0 Å². The quantitative estimate of drug-likeness (QED) is 0.349. The van der Waals surface area contributed by atoms with E-state index in [1.54, 1.807) is 33.9 Å². The highest BCUT2D eigenvalue weighted by Crippen LogP contribution is 2.30. The van der Waals surface area contributed by atoms with Crippen LogP contribution in [-0.4, -0.2) is 52.6 Å². The molecule has 36 heavy (non-hydrogen) atoms. The summed E-state index contributed by atoms with van der Waals surface area (Å²) in [6, 6.07) is 14.9. The molecule has 0 aliphatic carbocycles. The van der Waals surface area contributed by atoms with E-state index in [9.17, 15) is 9.90 Å². The van der Waals surface area contributed by atoms with E-state index < -0.39 is 0 Å². The average Bonchev–Trinajstić information content (AvgIpc) is 3.57. The van der Waals surface area contributed by atoms with Gasteiger partial charge in [-0.05, 0) is 30.5 Å². The van der Waals surface area contributed by atoms with Crippen LogP contribution in [0.4, 0.5) is 0 Å². The average molecular weight is 482 g/mol. The van der Waals surface area contributed by atoms with Crippen LogP contribution in [-0.2, 0) is 0 Å². The van der Waals surface area contributed by atoms with Crippen LogP contribution in [0.1, 0.15) is 30.8 Å². The highest BCUT2D eigenvalue weighted by atomic mass is 16.3. The lowest BCUT2D eigenvalue weighted by Crippen LogP contribution is -2.39. The summed E-state index contributed by atoms with van der Waals surface area (Å²) in [5.41, 5.74) is 3.82. The molecule has 1 aromatic carbocycles. The number of fused-ring (bicyclic) bond motifs is 1. The summed E-state index contributed by atoms with van der Waals surface area (Å²) in [7, 11) is 0. The first-order valence-electron chi connectivity index (χ1n) is 11.8. The van der Waals surface area contributed by atoms with Crippen molar-refractivity contribution in [1.29, 1.82) is 0 Å². The Bertz CT molecular complexity index is 1480. The van der Waals surface area contributed by atoms with Gasteiger partial charge in [-0.15, -0.1) is 0 Å². The summed E-state index contributed by atoms with van der Waals surface area (Å²) in [6.45, 7) is 3.99. The number of hydrogen-bond donors (Lipinski definition) is 2.